The molecule has 0 aliphatic heterocycles. The molecule has 0 unspecified atom stereocenters. The highest BCUT2D eigenvalue weighted by Gasteiger charge is 2.16. The number of aromatic nitrogens is 2. The molecule has 0 aliphatic carbocycles. The Morgan fingerprint density at radius 3 is 2.85 bits per heavy atom. The molecule has 0 saturated carbocycles. The van der Waals surface area contributed by atoms with E-state index in [-0.39, 0.29) is 5.69 Å². The van der Waals surface area contributed by atoms with Crippen LogP contribution >= 0.6 is 22.9 Å². The second-order valence-electron chi connectivity index (χ2n) is 5.94. The van der Waals surface area contributed by atoms with Gasteiger partial charge in [0.05, 0.1) is 10.3 Å². The minimum absolute atomic E-state index is 0.0453. The summed E-state index contributed by atoms with van der Waals surface area (Å²) in [4.78, 5) is 20.3. The molecule has 0 bridgehead atoms. The zero-order chi connectivity index (χ0) is 19.0. The van der Waals surface area contributed by atoms with Crippen molar-refractivity contribution in [3.63, 3.8) is 0 Å². The molecule has 6 nitrogen and oxygen atoms in total. The van der Waals surface area contributed by atoms with Crippen LogP contribution in [-0.2, 0) is 0 Å². The molecule has 0 radical (unpaired) electrons. The van der Waals surface area contributed by atoms with Gasteiger partial charge in [-0.3, -0.25) is 10.1 Å². The van der Waals surface area contributed by atoms with Gasteiger partial charge in [-0.05, 0) is 30.2 Å². The summed E-state index contributed by atoms with van der Waals surface area (Å²) in [5.74, 6) is 0.633. The van der Waals surface area contributed by atoms with Gasteiger partial charge in [0.25, 0.3) is 5.69 Å². The third kappa shape index (κ3) is 3.34. The first-order valence-corrected chi connectivity index (χ1v) is 9.29. The number of fused-ring (bicyclic) bond motifs is 1. The van der Waals surface area contributed by atoms with Crippen LogP contribution in [-0.4, -0.2) is 14.9 Å². The Balaban J connectivity index is 1.86. The normalized spacial score (nSPS) is 10.9. The Morgan fingerprint density at radius 1 is 1.19 bits per heavy atom. The van der Waals surface area contributed by atoms with Crippen LogP contribution in [0.4, 0.5) is 17.2 Å². The van der Waals surface area contributed by atoms with Crippen molar-refractivity contribution < 1.29 is 4.92 Å². The average molecular weight is 397 g/mol. The van der Waals surface area contributed by atoms with Gasteiger partial charge in [0.2, 0.25) is 0 Å². The number of hydrogen-bond donors (Lipinski definition) is 1. The van der Waals surface area contributed by atoms with E-state index in [0.717, 1.165) is 32.6 Å². The van der Waals surface area contributed by atoms with Gasteiger partial charge < -0.3 is 5.32 Å². The van der Waals surface area contributed by atoms with E-state index < -0.39 is 4.92 Å². The second kappa shape index (κ2) is 6.94. The lowest BCUT2D eigenvalue weighted by atomic mass is 10.1. The van der Waals surface area contributed by atoms with Gasteiger partial charge in [0, 0.05) is 33.8 Å². The first kappa shape index (κ1) is 17.4. The summed E-state index contributed by atoms with van der Waals surface area (Å²) in [5, 5.41) is 17.8. The highest BCUT2D eigenvalue weighted by Crippen LogP contribution is 2.38. The van der Waals surface area contributed by atoms with E-state index in [9.17, 15) is 10.1 Å². The molecule has 2 heterocycles. The van der Waals surface area contributed by atoms with Gasteiger partial charge in [0.15, 0.2) is 0 Å². The fourth-order valence-electron chi connectivity index (χ4n) is 2.83. The summed E-state index contributed by atoms with van der Waals surface area (Å²) in [5.41, 5.74) is 3.51. The standard InChI is InChI=1S/C19H13ClN4O2S/c1-11-5-6-13(20)8-16(11)23-18-17-15(9-27-19(17)22-10-21-18)12-3-2-4-14(7-12)24(25)26/h2-10H,1H3,(H,21,22,23). The Hall–Kier alpha value is -3.03. The SMILES string of the molecule is Cc1ccc(Cl)cc1Nc1ncnc2scc(-c3cccc([N+](=O)[O-])c3)c12. The summed E-state index contributed by atoms with van der Waals surface area (Å²) in [6, 6.07) is 12.1. The summed E-state index contributed by atoms with van der Waals surface area (Å²) >= 11 is 7.59. The van der Waals surface area contributed by atoms with Gasteiger partial charge in [-0.1, -0.05) is 29.8 Å². The number of aryl methyl sites for hydroxylation is 1. The van der Waals surface area contributed by atoms with Gasteiger partial charge in [0.1, 0.15) is 17.0 Å². The fourth-order valence-corrected chi connectivity index (χ4v) is 3.91. The van der Waals surface area contributed by atoms with Gasteiger partial charge in [-0.25, -0.2) is 9.97 Å². The summed E-state index contributed by atoms with van der Waals surface area (Å²) in [6.07, 6.45) is 1.50. The number of nitro groups is 1. The molecule has 0 spiro atoms. The maximum absolute atomic E-state index is 11.1. The number of non-ortho nitro benzene ring substituents is 1. The monoisotopic (exact) mass is 396 g/mol. The van der Waals surface area contributed by atoms with Crippen molar-refractivity contribution in [1.29, 1.82) is 0 Å². The average Bonchev–Trinajstić information content (AvgIpc) is 3.10. The van der Waals surface area contributed by atoms with Gasteiger partial charge >= 0.3 is 0 Å². The number of hydrogen-bond acceptors (Lipinski definition) is 6. The fraction of sp³-hybridized carbons (Fsp3) is 0.0526. The molecule has 134 valence electrons. The number of thiophene rings is 1. The Kier molecular flexibility index (Phi) is 4.47. The largest absolute Gasteiger partial charge is 0.339 e. The van der Waals surface area contributed by atoms with Crippen molar-refractivity contribution in [3.05, 3.63) is 74.9 Å². The lowest BCUT2D eigenvalue weighted by molar-refractivity contribution is -0.384. The van der Waals surface area contributed by atoms with Gasteiger partial charge in [-0.15, -0.1) is 11.3 Å². The molecule has 0 atom stereocenters. The van der Waals surface area contributed by atoms with E-state index in [0.29, 0.717) is 10.8 Å². The lowest BCUT2D eigenvalue weighted by Gasteiger charge is -2.11. The summed E-state index contributed by atoms with van der Waals surface area (Å²) in [7, 11) is 0. The second-order valence-corrected chi connectivity index (χ2v) is 7.24. The number of nitro benzene ring substituents is 1. The van der Waals surface area contributed by atoms with Crippen LogP contribution in [0.25, 0.3) is 21.3 Å². The summed E-state index contributed by atoms with van der Waals surface area (Å²) in [6.45, 7) is 1.98. The van der Waals surface area contributed by atoms with Crippen molar-refractivity contribution in [2.45, 2.75) is 6.92 Å². The number of nitrogens with zero attached hydrogens (tertiary/aromatic N) is 3. The number of anilines is 2. The molecular formula is C19H13ClN4O2S. The Bertz CT molecular complexity index is 1180. The van der Waals surface area contributed by atoms with Crippen LogP contribution in [0, 0.1) is 17.0 Å². The number of halogens is 1. The van der Waals surface area contributed by atoms with E-state index >= 15 is 0 Å². The van der Waals surface area contributed by atoms with E-state index in [1.165, 1.54) is 23.7 Å². The van der Waals surface area contributed by atoms with Crippen molar-refractivity contribution in [3.8, 4) is 11.1 Å². The van der Waals surface area contributed by atoms with Crippen molar-refractivity contribution >= 4 is 50.3 Å². The smallest absolute Gasteiger partial charge is 0.270 e. The summed E-state index contributed by atoms with van der Waals surface area (Å²) < 4.78 is 0. The third-order valence-corrected chi connectivity index (χ3v) is 5.31. The van der Waals surface area contributed by atoms with Crippen LogP contribution in [0.2, 0.25) is 5.02 Å². The molecule has 0 aliphatic rings. The maximum Gasteiger partial charge on any atom is 0.270 e. The van der Waals surface area contributed by atoms with E-state index in [4.69, 9.17) is 11.6 Å². The highest BCUT2D eigenvalue weighted by molar-refractivity contribution is 7.17. The van der Waals surface area contributed by atoms with Crippen molar-refractivity contribution in [2.75, 3.05) is 5.32 Å². The van der Waals surface area contributed by atoms with Crippen molar-refractivity contribution in [2.24, 2.45) is 0 Å². The van der Waals surface area contributed by atoms with Crippen LogP contribution in [0.1, 0.15) is 5.56 Å². The number of nitrogens with one attached hydrogen (secondary N) is 1. The van der Waals surface area contributed by atoms with Crippen molar-refractivity contribution in [1.82, 2.24) is 9.97 Å². The van der Waals surface area contributed by atoms with E-state index in [1.807, 2.05) is 36.6 Å². The van der Waals surface area contributed by atoms with Crippen LogP contribution in [0.3, 0.4) is 0 Å². The highest BCUT2D eigenvalue weighted by atomic mass is 35.5. The molecular weight excluding hydrogens is 384 g/mol. The third-order valence-electron chi connectivity index (χ3n) is 4.19. The molecule has 1 N–H and O–H groups in total. The van der Waals surface area contributed by atoms with Crippen LogP contribution < -0.4 is 5.32 Å². The quantitative estimate of drug-likeness (QED) is 0.339. The predicted molar refractivity (Wildman–Crippen MR) is 109 cm³/mol. The molecule has 0 fully saturated rings. The number of benzene rings is 2. The molecule has 8 heteroatoms. The van der Waals surface area contributed by atoms with Crippen LogP contribution in [0.5, 0.6) is 0 Å². The minimum atomic E-state index is -0.400. The molecule has 27 heavy (non-hydrogen) atoms. The molecule has 2 aromatic heterocycles. The lowest BCUT2D eigenvalue weighted by Crippen LogP contribution is -1.97. The molecule has 0 saturated heterocycles. The first-order valence-electron chi connectivity index (χ1n) is 8.03. The van der Waals surface area contributed by atoms with E-state index in [2.05, 4.69) is 15.3 Å². The molecule has 0 amide bonds. The predicted octanol–water partition coefficient (Wildman–Crippen LogP) is 5.97. The maximum atomic E-state index is 11.1. The number of rotatable bonds is 4. The zero-order valence-corrected chi connectivity index (χ0v) is 15.7. The molecule has 2 aromatic carbocycles. The molecule has 4 rings (SSSR count). The van der Waals surface area contributed by atoms with Crippen LogP contribution in [0.15, 0.2) is 54.2 Å². The Labute approximate surface area is 163 Å². The molecule has 4 aromatic rings. The topological polar surface area (TPSA) is 81.0 Å². The first-order chi connectivity index (χ1) is 13.0. The van der Waals surface area contributed by atoms with E-state index in [1.54, 1.807) is 12.1 Å². The minimum Gasteiger partial charge on any atom is -0.339 e. The zero-order valence-electron chi connectivity index (χ0n) is 14.1. The Morgan fingerprint density at radius 2 is 2.04 bits per heavy atom. The van der Waals surface area contributed by atoms with Gasteiger partial charge in [-0.2, -0.15) is 0 Å².